The molecule has 120 valence electrons. The van der Waals surface area contributed by atoms with E-state index < -0.39 is 0 Å². The molecule has 3 aromatic heterocycles. The fraction of sp³-hybridized carbons (Fsp3) is 0.111. The van der Waals surface area contributed by atoms with Gasteiger partial charge in [0.05, 0.1) is 5.69 Å². The number of benzene rings is 1. The maximum absolute atomic E-state index is 12.1. The van der Waals surface area contributed by atoms with E-state index in [1.54, 1.807) is 0 Å². The van der Waals surface area contributed by atoms with Crippen molar-refractivity contribution in [3.05, 3.63) is 60.4 Å². The van der Waals surface area contributed by atoms with Crippen molar-refractivity contribution in [2.45, 2.75) is 13.0 Å². The molecule has 4 aromatic rings. The first-order valence-corrected chi connectivity index (χ1v) is 8.60. The number of aryl methyl sites for hydroxylation is 1. The smallest absolute Gasteiger partial charge is 0.227 e. The number of rotatable bonds is 5. The zero-order valence-corrected chi connectivity index (χ0v) is 13.7. The van der Waals surface area contributed by atoms with E-state index in [0.29, 0.717) is 18.1 Å². The van der Waals surface area contributed by atoms with Gasteiger partial charge in [0, 0.05) is 53.4 Å². The number of hydrogen-bond donors (Lipinski definition) is 2. The van der Waals surface area contributed by atoms with Crippen LogP contribution < -0.4 is 5.32 Å². The van der Waals surface area contributed by atoms with Crippen LogP contribution in [0.2, 0.25) is 0 Å². The van der Waals surface area contributed by atoms with Gasteiger partial charge in [-0.2, -0.15) is 0 Å². The van der Waals surface area contributed by atoms with E-state index in [9.17, 15) is 4.79 Å². The molecule has 0 aliphatic rings. The maximum atomic E-state index is 12.1. The predicted octanol–water partition coefficient (Wildman–Crippen LogP) is 4.12. The van der Waals surface area contributed by atoms with Crippen LogP contribution in [0.1, 0.15) is 6.42 Å². The van der Waals surface area contributed by atoms with Crippen LogP contribution in [0.5, 0.6) is 0 Å². The molecule has 24 heavy (non-hydrogen) atoms. The minimum Gasteiger partial charge on any atom is -0.360 e. The quantitative estimate of drug-likeness (QED) is 0.576. The molecule has 0 radical (unpaired) electrons. The second kappa shape index (κ2) is 6.33. The number of carbonyl (C=O) groups excluding carboxylic acids is 1. The molecule has 0 atom stereocenters. The first-order chi connectivity index (χ1) is 11.8. The third-order valence-electron chi connectivity index (χ3n) is 3.88. The van der Waals surface area contributed by atoms with Crippen molar-refractivity contribution in [3.8, 4) is 11.3 Å². The summed E-state index contributed by atoms with van der Waals surface area (Å²) in [6, 6.07) is 12.0. The van der Waals surface area contributed by atoms with Gasteiger partial charge in [0.2, 0.25) is 5.91 Å². The molecular formula is C18H16N4OS. The van der Waals surface area contributed by atoms with Gasteiger partial charge in [-0.1, -0.05) is 18.2 Å². The molecule has 5 nitrogen and oxygen atoms in total. The van der Waals surface area contributed by atoms with E-state index in [2.05, 4.69) is 21.4 Å². The molecule has 1 amide bonds. The molecule has 0 bridgehead atoms. The minimum atomic E-state index is -0.0245. The molecule has 0 fully saturated rings. The van der Waals surface area contributed by atoms with E-state index >= 15 is 0 Å². The number of carbonyl (C=O) groups is 1. The van der Waals surface area contributed by atoms with Crippen LogP contribution in [0.15, 0.2) is 60.4 Å². The monoisotopic (exact) mass is 336 g/mol. The Morgan fingerprint density at radius 3 is 2.92 bits per heavy atom. The first-order valence-electron chi connectivity index (χ1n) is 7.72. The predicted molar refractivity (Wildman–Crippen MR) is 97.1 cm³/mol. The topological polar surface area (TPSA) is 62.7 Å². The van der Waals surface area contributed by atoms with Gasteiger partial charge in [0.15, 0.2) is 5.13 Å². The highest BCUT2D eigenvalue weighted by molar-refractivity contribution is 7.14. The SMILES string of the molecule is O=C(CCn1cccc1)Nc1nc(-c2c[nH]c3ccccc23)cs1. The van der Waals surface area contributed by atoms with E-state index in [4.69, 9.17) is 0 Å². The number of para-hydroxylation sites is 1. The Morgan fingerprint density at radius 2 is 2.04 bits per heavy atom. The molecule has 0 saturated carbocycles. The van der Waals surface area contributed by atoms with E-state index in [1.165, 1.54) is 11.3 Å². The van der Waals surface area contributed by atoms with Crippen LogP contribution in [-0.4, -0.2) is 20.4 Å². The number of aromatic nitrogens is 3. The fourth-order valence-electron chi connectivity index (χ4n) is 2.67. The summed E-state index contributed by atoms with van der Waals surface area (Å²) in [5.74, 6) is -0.0245. The molecule has 1 aromatic carbocycles. The van der Waals surface area contributed by atoms with Gasteiger partial charge in [-0.05, 0) is 18.2 Å². The van der Waals surface area contributed by atoms with Crippen molar-refractivity contribution in [2.75, 3.05) is 5.32 Å². The lowest BCUT2D eigenvalue weighted by molar-refractivity contribution is -0.116. The summed E-state index contributed by atoms with van der Waals surface area (Å²) in [6.07, 6.45) is 6.28. The van der Waals surface area contributed by atoms with Crippen molar-refractivity contribution in [1.82, 2.24) is 14.5 Å². The Morgan fingerprint density at radius 1 is 1.21 bits per heavy atom. The second-order valence-electron chi connectivity index (χ2n) is 5.50. The summed E-state index contributed by atoms with van der Waals surface area (Å²) in [4.78, 5) is 19.8. The number of amides is 1. The largest absolute Gasteiger partial charge is 0.360 e. The zero-order valence-electron chi connectivity index (χ0n) is 12.9. The molecule has 3 heterocycles. The second-order valence-corrected chi connectivity index (χ2v) is 6.36. The summed E-state index contributed by atoms with van der Waals surface area (Å²) >= 11 is 1.44. The lowest BCUT2D eigenvalue weighted by Crippen LogP contribution is -2.13. The standard InChI is InChI=1S/C18H16N4OS/c23-17(7-10-22-8-3-4-9-22)21-18-20-16(12-24-18)14-11-19-15-6-2-1-5-13(14)15/h1-6,8-9,11-12,19H,7,10H2,(H,20,21,23). The van der Waals surface area contributed by atoms with Crippen LogP contribution >= 0.6 is 11.3 Å². The first kappa shape index (κ1) is 14.7. The highest BCUT2D eigenvalue weighted by atomic mass is 32.1. The minimum absolute atomic E-state index is 0.0245. The van der Waals surface area contributed by atoms with Crippen molar-refractivity contribution < 1.29 is 4.79 Å². The molecule has 4 rings (SSSR count). The van der Waals surface area contributed by atoms with Gasteiger partial charge in [0.1, 0.15) is 0 Å². The number of hydrogen-bond acceptors (Lipinski definition) is 3. The average molecular weight is 336 g/mol. The van der Waals surface area contributed by atoms with E-state index in [-0.39, 0.29) is 5.91 Å². The molecule has 6 heteroatoms. The summed E-state index contributed by atoms with van der Waals surface area (Å²) in [5.41, 5.74) is 3.01. The van der Waals surface area contributed by atoms with Gasteiger partial charge in [0.25, 0.3) is 0 Å². The van der Waals surface area contributed by atoms with Gasteiger partial charge in [-0.15, -0.1) is 11.3 Å². The Hall–Kier alpha value is -2.86. The van der Waals surface area contributed by atoms with Crippen molar-refractivity contribution in [3.63, 3.8) is 0 Å². The third kappa shape index (κ3) is 2.96. The highest BCUT2D eigenvalue weighted by Crippen LogP contribution is 2.30. The average Bonchev–Trinajstić information content (AvgIpc) is 3.33. The van der Waals surface area contributed by atoms with Gasteiger partial charge in [-0.25, -0.2) is 4.98 Å². The number of nitrogens with zero attached hydrogens (tertiary/aromatic N) is 2. The number of nitrogens with one attached hydrogen (secondary N) is 2. The lowest BCUT2D eigenvalue weighted by atomic mass is 10.1. The van der Waals surface area contributed by atoms with Gasteiger partial charge >= 0.3 is 0 Å². The highest BCUT2D eigenvalue weighted by Gasteiger charge is 2.11. The zero-order chi connectivity index (χ0) is 16.4. The summed E-state index contributed by atoms with van der Waals surface area (Å²) < 4.78 is 1.98. The number of aromatic amines is 1. The van der Waals surface area contributed by atoms with Gasteiger partial charge in [-0.3, -0.25) is 4.79 Å². The van der Waals surface area contributed by atoms with Crippen LogP contribution in [-0.2, 0) is 11.3 Å². The number of anilines is 1. The van der Waals surface area contributed by atoms with Crippen molar-refractivity contribution in [1.29, 1.82) is 0 Å². The van der Waals surface area contributed by atoms with Crippen LogP contribution in [0.3, 0.4) is 0 Å². The molecule has 0 saturated heterocycles. The number of H-pyrrole nitrogens is 1. The Kier molecular flexibility index (Phi) is 3.88. The number of thiazole rings is 1. The maximum Gasteiger partial charge on any atom is 0.227 e. The van der Waals surface area contributed by atoms with Gasteiger partial charge < -0.3 is 14.9 Å². The molecular weight excluding hydrogens is 320 g/mol. The Bertz CT molecular complexity index is 968. The van der Waals surface area contributed by atoms with Crippen molar-refractivity contribution in [2.24, 2.45) is 0 Å². The lowest BCUT2D eigenvalue weighted by Gasteiger charge is -2.03. The summed E-state index contributed by atoms with van der Waals surface area (Å²) in [5, 5.41) is 6.61. The van der Waals surface area contributed by atoms with Crippen LogP contribution in [0.25, 0.3) is 22.2 Å². The van der Waals surface area contributed by atoms with Crippen molar-refractivity contribution >= 4 is 33.3 Å². The molecule has 0 aliphatic carbocycles. The number of fused-ring (bicyclic) bond motifs is 1. The normalized spacial score (nSPS) is 11.0. The van der Waals surface area contributed by atoms with Crippen LogP contribution in [0.4, 0.5) is 5.13 Å². The third-order valence-corrected chi connectivity index (χ3v) is 4.64. The Labute approximate surface area is 143 Å². The Balaban J connectivity index is 1.45. The van der Waals surface area contributed by atoms with Crippen LogP contribution in [0, 0.1) is 0 Å². The van der Waals surface area contributed by atoms with E-state index in [1.807, 2.05) is 58.9 Å². The molecule has 0 spiro atoms. The van der Waals surface area contributed by atoms with E-state index in [0.717, 1.165) is 22.2 Å². The molecule has 0 unspecified atom stereocenters. The summed E-state index contributed by atoms with van der Waals surface area (Å²) in [6.45, 7) is 0.666. The molecule has 2 N–H and O–H groups in total. The molecule has 0 aliphatic heterocycles. The fourth-order valence-corrected chi connectivity index (χ4v) is 3.40. The summed E-state index contributed by atoms with van der Waals surface area (Å²) in [7, 11) is 0.